The van der Waals surface area contributed by atoms with E-state index in [2.05, 4.69) is 5.32 Å². The van der Waals surface area contributed by atoms with E-state index in [1.807, 2.05) is 0 Å². The fourth-order valence-electron chi connectivity index (χ4n) is 4.48. The highest BCUT2D eigenvalue weighted by Crippen LogP contribution is 2.26. The average molecular weight is 532 g/mol. The van der Waals surface area contributed by atoms with E-state index in [4.69, 9.17) is 16.3 Å². The molecule has 37 heavy (non-hydrogen) atoms. The number of hydrogen-bond donors (Lipinski definition) is 1. The first-order chi connectivity index (χ1) is 17.6. The second-order valence-electron chi connectivity index (χ2n) is 8.78. The number of methoxy groups -OCH3 is 1. The van der Waals surface area contributed by atoms with E-state index >= 15 is 0 Å². The number of hydrogen-bond acceptors (Lipinski definition) is 5. The first-order valence-corrected chi connectivity index (χ1v) is 11.8. The zero-order chi connectivity index (χ0) is 26.9. The van der Waals surface area contributed by atoms with Crippen LogP contribution in [0.5, 0.6) is 0 Å². The van der Waals surface area contributed by atoms with Gasteiger partial charge in [0.25, 0.3) is 0 Å². The smallest absolute Gasteiger partial charge is 0.337 e. The number of rotatable bonds is 7. The molecular weight excluding hydrogens is 508 g/mol. The zero-order valence-electron chi connectivity index (χ0n) is 20.1. The van der Waals surface area contributed by atoms with Gasteiger partial charge >= 0.3 is 5.97 Å². The number of alkyl halides is 1. The van der Waals surface area contributed by atoms with Gasteiger partial charge < -0.3 is 19.5 Å². The molecule has 0 saturated carbocycles. The molecule has 1 aliphatic rings. The van der Waals surface area contributed by atoms with Crippen LogP contribution in [0, 0.1) is 5.82 Å². The monoisotopic (exact) mass is 531 g/mol. The molecule has 0 aliphatic carbocycles. The van der Waals surface area contributed by atoms with Crippen molar-refractivity contribution in [3.8, 4) is 0 Å². The zero-order valence-corrected chi connectivity index (χ0v) is 20.9. The van der Waals surface area contributed by atoms with Crippen LogP contribution in [0.1, 0.15) is 39.6 Å². The first kappa shape index (κ1) is 26.3. The average Bonchev–Trinajstić information content (AvgIpc) is 3.44. The number of ether oxygens (including phenoxy) is 1. The van der Waals surface area contributed by atoms with E-state index in [0.717, 1.165) is 4.90 Å². The van der Waals surface area contributed by atoms with Crippen LogP contribution < -0.4 is 5.32 Å². The van der Waals surface area contributed by atoms with Gasteiger partial charge in [-0.15, -0.1) is 0 Å². The van der Waals surface area contributed by atoms with Gasteiger partial charge in [0.05, 0.1) is 24.2 Å². The van der Waals surface area contributed by atoms with Gasteiger partial charge in [-0.1, -0.05) is 23.7 Å². The number of ketones is 1. The summed E-state index contributed by atoms with van der Waals surface area (Å²) in [5, 5.41) is 2.93. The van der Waals surface area contributed by atoms with Crippen LogP contribution >= 0.6 is 11.6 Å². The van der Waals surface area contributed by atoms with E-state index < -0.39 is 35.8 Å². The van der Waals surface area contributed by atoms with Crippen molar-refractivity contribution < 1.29 is 32.7 Å². The summed E-state index contributed by atoms with van der Waals surface area (Å²) in [6.45, 7) is 0.658. The molecule has 2 aromatic carbocycles. The van der Waals surface area contributed by atoms with Gasteiger partial charge in [0.15, 0.2) is 5.78 Å². The first-order valence-electron chi connectivity index (χ1n) is 11.5. The van der Waals surface area contributed by atoms with Crippen molar-refractivity contribution >= 4 is 46.1 Å². The number of amides is 2. The Kier molecular flexibility index (Phi) is 7.58. The Bertz CT molecular complexity index is 1410. The van der Waals surface area contributed by atoms with Gasteiger partial charge in [-0.2, -0.15) is 0 Å². The molecule has 0 bridgehead atoms. The summed E-state index contributed by atoms with van der Waals surface area (Å²) in [7, 11) is 1.24. The highest BCUT2D eigenvalue weighted by molar-refractivity contribution is 6.30. The maximum Gasteiger partial charge on any atom is 0.337 e. The molecular formula is C26H24ClF2N3O5. The van der Waals surface area contributed by atoms with Crippen molar-refractivity contribution in [2.24, 2.45) is 0 Å². The third-order valence-corrected chi connectivity index (χ3v) is 6.64. The molecule has 11 heteroatoms. The highest BCUT2D eigenvalue weighted by Gasteiger charge is 2.39. The van der Waals surface area contributed by atoms with Crippen LogP contribution in [0.3, 0.4) is 0 Å². The van der Waals surface area contributed by atoms with Gasteiger partial charge in [-0.3, -0.25) is 14.4 Å². The van der Waals surface area contributed by atoms with E-state index in [1.54, 1.807) is 12.1 Å². The normalized spacial score (nSPS) is 17.2. The minimum atomic E-state index is -1.40. The number of fused-ring (bicyclic) bond motifs is 1. The quantitative estimate of drug-likeness (QED) is 0.370. The standard InChI is InChI=1S/C26H24ClF2N3O5/c1-14(33)19-12-31(21-7-6-15(8-18(19)21)26(36)37-2)13-23(34)32-11-17(28)9-22(32)25(35)30-10-16-4-3-5-20(27)24(16)29/h3-8,12,17,22H,9-11,13H2,1-2H3,(H,30,35)/t17-,22-/m1/s1. The highest BCUT2D eigenvalue weighted by atomic mass is 35.5. The van der Waals surface area contributed by atoms with Crippen molar-refractivity contribution in [1.82, 2.24) is 14.8 Å². The van der Waals surface area contributed by atoms with Crippen molar-refractivity contribution in [1.29, 1.82) is 0 Å². The summed E-state index contributed by atoms with van der Waals surface area (Å²) in [5.74, 6) is -2.65. The number of carbonyl (C=O) groups excluding carboxylic acids is 4. The molecule has 1 N–H and O–H groups in total. The molecule has 2 atom stereocenters. The molecule has 1 aromatic heterocycles. The second-order valence-corrected chi connectivity index (χ2v) is 9.18. The number of halogens is 3. The van der Waals surface area contributed by atoms with Gasteiger partial charge in [0, 0.05) is 41.2 Å². The molecule has 1 aliphatic heterocycles. The number of benzene rings is 2. The van der Waals surface area contributed by atoms with Crippen LogP contribution in [0.2, 0.25) is 5.02 Å². The van der Waals surface area contributed by atoms with Crippen LogP contribution in [0.25, 0.3) is 10.9 Å². The number of aromatic nitrogens is 1. The minimum absolute atomic E-state index is 0.0872. The lowest BCUT2D eigenvalue weighted by Gasteiger charge is -2.24. The lowest BCUT2D eigenvalue weighted by Crippen LogP contribution is -2.46. The maximum absolute atomic E-state index is 14.3. The number of carbonyl (C=O) groups is 4. The Morgan fingerprint density at radius 1 is 1.19 bits per heavy atom. The van der Waals surface area contributed by atoms with Crippen LogP contribution in [0.15, 0.2) is 42.6 Å². The molecule has 3 aromatic rings. The molecule has 2 heterocycles. The Balaban J connectivity index is 1.54. The second kappa shape index (κ2) is 10.7. The lowest BCUT2D eigenvalue weighted by atomic mass is 10.1. The van der Waals surface area contributed by atoms with Gasteiger partial charge in [-0.05, 0) is 31.2 Å². The SMILES string of the molecule is COC(=O)c1ccc2c(c1)c(C(C)=O)cn2CC(=O)N1C[C@H](F)C[C@@H]1C(=O)NCc1cccc(Cl)c1F. The summed E-state index contributed by atoms with van der Waals surface area (Å²) >= 11 is 5.77. The maximum atomic E-state index is 14.3. The van der Waals surface area contributed by atoms with Crippen molar-refractivity contribution in [3.05, 3.63) is 70.1 Å². The third-order valence-electron chi connectivity index (χ3n) is 6.34. The van der Waals surface area contributed by atoms with Crippen LogP contribution in [-0.4, -0.2) is 58.9 Å². The molecule has 8 nitrogen and oxygen atoms in total. The summed E-state index contributed by atoms with van der Waals surface area (Å²) in [6.07, 6.45) is -0.103. The molecule has 1 fully saturated rings. The van der Waals surface area contributed by atoms with Crippen LogP contribution in [-0.2, 0) is 27.4 Å². The molecule has 4 rings (SSSR count). The predicted octanol–water partition coefficient (Wildman–Crippen LogP) is 3.68. The molecule has 1 saturated heterocycles. The Morgan fingerprint density at radius 2 is 1.95 bits per heavy atom. The Labute approximate surface area is 216 Å². The molecule has 0 spiro atoms. The molecule has 0 unspecified atom stereocenters. The number of esters is 1. The van der Waals surface area contributed by atoms with Gasteiger partial charge in [0.2, 0.25) is 11.8 Å². The minimum Gasteiger partial charge on any atom is -0.465 e. The van der Waals surface area contributed by atoms with Crippen LogP contribution in [0.4, 0.5) is 8.78 Å². The summed E-state index contributed by atoms with van der Waals surface area (Å²) in [5.41, 5.74) is 1.22. The number of nitrogens with zero attached hydrogens (tertiary/aromatic N) is 2. The van der Waals surface area contributed by atoms with Crippen molar-refractivity contribution in [2.75, 3.05) is 13.7 Å². The van der Waals surface area contributed by atoms with E-state index in [9.17, 15) is 28.0 Å². The largest absolute Gasteiger partial charge is 0.465 e. The lowest BCUT2D eigenvalue weighted by molar-refractivity contribution is -0.139. The van der Waals surface area contributed by atoms with Crippen molar-refractivity contribution in [2.45, 2.75) is 38.6 Å². The summed E-state index contributed by atoms with van der Waals surface area (Å²) in [6, 6.07) is 7.92. The van der Waals surface area contributed by atoms with Crippen molar-refractivity contribution in [3.63, 3.8) is 0 Å². The fourth-order valence-corrected chi connectivity index (χ4v) is 4.68. The topological polar surface area (TPSA) is 97.7 Å². The van der Waals surface area contributed by atoms with E-state index in [-0.39, 0.29) is 48.0 Å². The number of nitrogens with one attached hydrogen (secondary N) is 1. The number of Topliss-reactive ketones (excluding diaryl/α,β-unsaturated/α-hetero) is 1. The molecule has 0 radical (unpaired) electrons. The Morgan fingerprint density at radius 3 is 2.65 bits per heavy atom. The van der Waals surface area contributed by atoms with E-state index in [1.165, 1.54) is 49.1 Å². The predicted molar refractivity (Wildman–Crippen MR) is 132 cm³/mol. The van der Waals surface area contributed by atoms with E-state index in [0.29, 0.717) is 16.5 Å². The summed E-state index contributed by atoms with van der Waals surface area (Å²) < 4.78 is 34.7. The third kappa shape index (κ3) is 5.34. The van der Waals surface area contributed by atoms with Gasteiger partial charge in [-0.25, -0.2) is 13.6 Å². The molecule has 194 valence electrons. The number of likely N-dealkylation sites (tertiary alicyclic amines) is 1. The fraction of sp³-hybridized carbons (Fsp3) is 0.308. The molecule has 2 amide bonds. The Hall–Kier alpha value is -3.79. The summed E-state index contributed by atoms with van der Waals surface area (Å²) in [4.78, 5) is 51.4. The van der Waals surface area contributed by atoms with Gasteiger partial charge in [0.1, 0.15) is 24.6 Å².